The van der Waals surface area contributed by atoms with Gasteiger partial charge in [-0.15, -0.1) is 0 Å². The summed E-state index contributed by atoms with van der Waals surface area (Å²) in [6.07, 6.45) is -0.906. The van der Waals surface area contributed by atoms with Gasteiger partial charge in [0.2, 0.25) is 0 Å². The molecule has 2 aromatic carbocycles. The fourth-order valence-electron chi connectivity index (χ4n) is 2.76. The van der Waals surface area contributed by atoms with Crippen molar-refractivity contribution >= 4 is 11.9 Å². The molecule has 30 heavy (non-hydrogen) atoms. The van der Waals surface area contributed by atoms with Gasteiger partial charge in [-0.05, 0) is 50.6 Å². The topological polar surface area (TPSA) is 90.7 Å². The Morgan fingerprint density at radius 1 is 1.07 bits per heavy atom. The zero-order valence-corrected chi connectivity index (χ0v) is 17.2. The van der Waals surface area contributed by atoms with Crippen molar-refractivity contribution in [2.75, 3.05) is 0 Å². The van der Waals surface area contributed by atoms with Crippen LogP contribution in [0.3, 0.4) is 0 Å². The number of rotatable bonds is 8. The van der Waals surface area contributed by atoms with E-state index in [4.69, 9.17) is 14.0 Å². The van der Waals surface area contributed by atoms with Crippen LogP contribution in [0.1, 0.15) is 39.9 Å². The van der Waals surface area contributed by atoms with Gasteiger partial charge in [-0.1, -0.05) is 35.5 Å². The molecular formula is C23H24N2O5. The fourth-order valence-corrected chi connectivity index (χ4v) is 2.76. The number of nitrogens with one attached hydrogen (secondary N) is 1. The van der Waals surface area contributed by atoms with Gasteiger partial charge in [0.05, 0.1) is 16.8 Å². The van der Waals surface area contributed by atoms with Crippen LogP contribution in [0.15, 0.2) is 59.1 Å². The van der Waals surface area contributed by atoms with Gasteiger partial charge < -0.3 is 19.3 Å². The molecule has 0 fully saturated rings. The lowest BCUT2D eigenvalue weighted by atomic mass is 10.2. The highest BCUT2D eigenvalue weighted by atomic mass is 16.5. The van der Waals surface area contributed by atoms with Crippen molar-refractivity contribution in [1.82, 2.24) is 10.5 Å². The number of amides is 1. The molecule has 0 saturated heterocycles. The first kappa shape index (κ1) is 21.1. The molecule has 7 heteroatoms. The minimum Gasteiger partial charge on any atom is -0.489 e. The Bertz CT molecular complexity index is 977. The Hall–Kier alpha value is -3.61. The third kappa shape index (κ3) is 5.47. The summed E-state index contributed by atoms with van der Waals surface area (Å²) in [5.41, 5.74) is 2.99. The summed E-state index contributed by atoms with van der Waals surface area (Å²) >= 11 is 0. The maximum atomic E-state index is 12.3. The Kier molecular flexibility index (Phi) is 6.85. The van der Waals surface area contributed by atoms with Crippen LogP contribution in [0, 0.1) is 13.8 Å². The number of esters is 1. The number of hydrogen-bond donors (Lipinski definition) is 1. The molecule has 1 aromatic heterocycles. The first-order chi connectivity index (χ1) is 14.4. The van der Waals surface area contributed by atoms with E-state index in [1.165, 1.54) is 0 Å². The SMILES string of the molecule is Cc1noc(C)c1COc1ccc(C(=O)OC(C)C(=O)NCc2ccccc2)cc1. The van der Waals surface area contributed by atoms with Gasteiger partial charge >= 0.3 is 5.97 Å². The van der Waals surface area contributed by atoms with E-state index >= 15 is 0 Å². The lowest BCUT2D eigenvalue weighted by Gasteiger charge is -2.14. The number of nitrogens with zero attached hydrogens (tertiary/aromatic N) is 1. The molecule has 0 bridgehead atoms. The maximum absolute atomic E-state index is 12.3. The van der Waals surface area contributed by atoms with Gasteiger partial charge in [0.15, 0.2) is 6.10 Å². The van der Waals surface area contributed by atoms with Gasteiger partial charge in [0, 0.05) is 6.54 Å². The third-order valence-corrected chi connectivity index (χ3v) is 4.62. The first-order valence-corrected chi connectivity index (χ1v) is 9.61. The molecule has 1 atom stereocenters. The molecule has 1 amide bonds. The molecule has 1 N–H and O–H groups in total. The Labute approximate surface area is 175 Å². The standard InChI is InChI=1S/C23H24N2O5/c1-15-21(16(2)30-25-15)14-28-20-11-9-19(10-12-20)23(27)29-17(3)22(26)24-13-18-7-5-4-6-8-18/h4-12,17H,13-14H2,1-3H3,(H,24,26). The highest BCUT2D eigenvalue weighted by Gasteiger charge is 2.19. The number of aromatic nitrogens is 1. The smallest absolute Gasteiger partial charge is 0.338 e. The van der Waals surface area contributed by atoms with E-state index < -0.39 is 12.1 Å². The van der Waals surface area contributed by atoms with Gasteiger partial charge in [0.25, 0.3) is 5.91 Å². The van der Waals surface area contributed by atoms with Gasteiger partial charge in [-0.2, -0.15) is 0 Å². The molecule has 3 aromatic rings. The third-order valence-electron chi connectivity index (χ3n) is 4.62. The minimum atomic E-state index is -0.906. The predicted octanol–water partition coefficient (Wildman–Crippen LogP) is 3.73. The molecular weight excluding hydrogens is 384 g/mol. The number of ether oxygens (including phenoxy) is 2. The van der Waals surface area contributed by atoms with Crippen molar-refractivity contribution in [3.05, 3.63) is 82.7 Å². The second-order valence-corrected chi connectivity index (χ2v) is 6.87. The molecule has 0 radical (unpaired) electrons. The van der Waals surface area contributed by atoms with Crippen LogP contribution < -0.4 is 10.1 Å². The first-order valence-electron chi connectivity index (χ1n) is 9.61. The Morgan fingerprint density at radius 2 is 1.77 bits per heavy atom. The number of hydrogen-bond acceptors (Lipinski definition) is 6. The summed E-state index contributed by atoms with van der Waals surface area (Å²) in [7, 11) is 0. The van der Waals surface area contributed by atoms with Crippen molar-refractivity contribution in [3.8, 4) is 5.75 Å². The van der Waals surface area contributed by atoms with Crippen LogP contribution >= 0.6 is 0 Å². The van der Waals surface area contributed by atoms with Crippen LogP contribution in [0.2, 0.25) is 0 Å². The van der Waals surface area contributed by atoms with Crippen LogP contribution in [0.5, 0.6) is 5.75 Å². The van der Waals surface area contributed by atoms with E-state index in [-0.39, 0.29) is 5.91 Å². The second kappa shape index (κ2) is 9.73. The highest BCUT2D eigenvalue weighted by molar-refractivity contribution is 5.92. The van der Waals surface area contributed by atoms with E-state index in [2.05, 4.69) is 10.5 Å². The molecule has 0 aliphatic carbocycles. The van der Waals surface area contributed by atoms with E-state index in [0.29, 0.717) is 30.2 Å². The molecule has 0 saturated carbocycles. The summed E-state index contributed by atoms with van der Waals surface area (Å²) in [4.78, 5) is 24.5. The number of benzene rings is 2. The zero-order chi connectivity index (χ0) is 21.5. The van der Waals surface area contributed by atoms with Crippen molar-refractivity contribution in [2.24, 2.45) is 0 Å². The lowest BCUT2D eigenvalue weighted by molar-refractivity contribution is -0.129. The summed E-state index contributed by atoms with van der Waals surface area (Å²) in [5.74, 6) is 0.383. The van der Waals surface area contributed by atoms with E-state index in [1.807, 2.05) is 44.2 Å². The molecule has 1 heterocycles. The van der Waals surface area contributed by atoms with Crippen molar-refractivity contribution in [2.45, 2.75) is 40.0 Å². The highest BCUT2D eigenvalue weighted by Crippen LogP contribution is 2.18. The molecule has 3 rings (SSSR count). The lowest BCUT2D eigenvalue weighted by Crippen LogP contribution is -2.35. The summed E-state index contributed by atoms with van der Waals surface area (Å²) in [6, 6.07) is 16.1. The largest absolute Gasteiger partial charge is 0.489 e. The number of carbonyl (C=O) groups excluding carboxylic acids is 2. The molecule has 0 aliphatic heterocycles. The van der Waals surface area contributed by atoms with Crippen molar-refractivity contribution in [1.29, 1.82) is 0 Å². The average Bonchev–Trinajstić information content (AvgIpc) is 3.08. The molecule has 7 nitrogen and oxygen atoms in total. The Morgan fingerprint density at radius 3 is 2.40 bits per heavy atom. The number of carbonyl (C=O) groups is 2. The van der Waals surface area contributed by atoms with Crippen LogP contribution in [-0.4, -0.2) is 23.1 Å². The van der Waals surface area contributed by atoms with E-state index in [9.17, 15) is 9.59 Å². The van der Waals surface area contributed by atoms with Crippen molar-refractivity contribution in [3.63, 3.8) is 0 Å². The monoisotopic (exact) mass is 408 g/mol. The van der Waals surface area contributed by atoms with Gasteiger partial charge in [-0.3, -0.25) is 4.79 Å². The molecule has 0 aliphatic rings. The second-order valence-electron chi connectivity index (χ2n) is 6.87. The maximum Gasteiger partial charge on any atom is 0.338 e. The average molecular weight is 408 g/mol. The zero-order valence-electron chi connectivity index (χ0n) is 17.2. The predicted molar refractivity (Wildman–Crippen MR) is 110 cm³/mol. The fraction of sp³-hybridized carbons (Fsp3) is 0.261. The molecule has 0 spiro atoms. The van der Waals surface area contributed by atoms with Crippen LogP contribution in [0.25, 0.3) is 0 Å². The summed E-state index contributed by atoms with van der Waals surface area (Å²) < 4.78 is 16.1. The van der Waals surface area contributed by atoms with Gasteiger partial charge in [0.1, 0.15) is 18.1 Å². The minimum absolute atomic E-state index is 0.323. The molecule has 1 unspecified atom stereocenters. The van der Waals surface area contributed by atoms with Crippen LogP contribution in [0.4, 0.5) is 0 Å². The van der Waals surface area contributed by atoms with E-state index in [1.54, 1.807) is 31.2 Å². The normalized spacial score (nSPS) is 11.6. The van der Waals surface area contributed by atoms with Gasteiger partial charge in [-0.25, -0.2) is 4.79 Å². The summed E-state index contributed by atoms with van der Waals surface area (Å²) in [6.45, 7) is 5.92. The number of aryl methyl sites for hydroxylation is 2. The van der Waals surface area contributed by atoms with E-state index in [0.717, 1.165) is 16.8 Å². The van der Waals surface area contributed by atoms with Crippen LogP contribution in [-0.2, 0) is 22.7 Å². The quantitative estimate of drug-likeness (QED) is 0.571. The Balaban J connectivity index is 1.49. The molecule has 156 valence electrons. The summed E-state index contributed by atoms with van der Waals surface area (Å²) in [5, 5.41) is 6.64. The van der Waals surface area contributed by atoms with Crippen molar-refractivity contribution < 1.29 is 23.6 Å².